The van der Waals surface area contributed by atoms with Crippen molar-refractivity contribution < 1.29 is 18.0 Å². The smallest absolute Gasteiger partial charge is 0.369 e. The van der Waals surface area contributed by atoms with E-state index < -0.39 is 12.0 Å². The maximum Gasteiger partial charge on any atom is 0.449 e. The Labute approximate surface area is 137 Å². The molecule has 2 heterocycles. The Morgan fingerprint density at radius 3 is 2.54 bits per heavy atom. The van der Waals surface area contributed by atoms with Gasteiger partial charge >= 0.3 is 6.18 Å². The number of nitrogens with zero attached hydrogens (tertiary/aromatic N) is 3. The van der Waals surface area contributed by atoms with Gasteiger partial charge in [0, 0.05) is 6.54 Å². The highest BCUT2D eigenvalue weighted by molar-refractivity contribution is 5.76. The van der Waals surface area contributed by atoms with E-state index in [4.69, 9.17) is 5.73 Å². The number of hydrogen-bond donors (Lipinski definition) is 1. The molecule has 1 aliphatic rings. The molecule has 1 amide bonds. The number of rotatable bonds is 4. The minimum Gasteiger partial charge on any atom is -0.369 e. The maximum absolute atomic E-state index is 13.3. The van der Waals surface area contributed by atoms with E-state index in [1.807, 2.05) is 4.90 Å². The molecule has 1 aromatic carbocycles. The van der Waals surface area contributed by atoms with Crippen LogP contribution in [0.15, 0.2) is 24.3 Å². The minimum absolute atomic E-state index is 0.118. The number of piperidine rings is 1. The zero-order chi connectivity index (χ0) is 17.3. The number of alkyl halides is 3. The number of imidazole rings is 1. The molecule has 0 atom stereocenters. The van der Waals surface area contributed by atoms with Gasteiger partial charge in [0.2, 0.25) is 11.7 Å². The molecule has 1 aliphatic heterocycles. The van der Waals surface area contributed by atoms with Gasteiger partial charge in [-0.2, -0.15) is 13.2 Å². The third kappa shape index (κ3) is 3.53. The topological polar surface area (TPSA) is 64.2 Å². The Bertz CT molecular complexity index is 732. The summed E-state index contributed by atoms with van der Waals surface area (Å²) < 4.78 is 41.2. The summed E-state index contributed by atoms with van der Waals surface area (Å²) in [5.74, 6) is -1.11. The summed E-state index contributed by atoms with van der Waals surface area (Å²) in [4.78, 5) is 16.7. The lowest BCUT2D eigenvalue weighted by Crippen LogP contribution is -2.40. The fourth-order valence-corrected chi connectivity index (χ4v) is 3.28. The average Bonchev–Trinajstić information content (AvgIpc) is 2.88. The van der Waals surface area contributed by atoms with Crippen LogP contribution in [0.5, 0.6) is 0 Å². The van der Waals surface area contributed by atoms with E-state index in [2.05, 4.69) is 4.98 Å². The fraction of sp³-hybridized carbons (Fsp3) is 0.500. The molecular weight excluding hydrogens is 321 g/mol. The van der Waals surface area contributed by atoms with Crippen molar-refractivity contribution in [3.63, 3.8) is 0 Å². The predicted molar refractivity (Wildman–Crippen MR) is 83.1 cm³/mol. The summed E-state index contributed by atoms with van der Waals surface area (Å²) in [6.07, 6.45) is -3.01. The Hall–Kier alpha value is -2.09. The van der Waals surface area contributed by atoms with Crippen molar-refractivity contribution in [2.75, 3.05) is 19.6 Å². The van der Waals surface area contributed by atoms with E-state index in [-0.39, 0.29) is 24.9 Å². The van der Waals surface area contributed by atoms with E-state index in [0.29, 0.717) is 24.1 Å². The number of nitrogens with two attached hydrogens (primary N) is 1. The third-order valence-corrected chi connectivity index (χ3v) is 4.44. The summed E-state index contributed by atoms with van der Waals surface area (Å²) in [5.41, 5.74) is 6.04. The van der Waals surface area contributed by atoms with Gasteiger partial charge in [0.25, 0.3) is 0 Å². The molecule has 130 valence electrons. The van der Waals surface area contributed by atoms with Crippen molar-refractivity contribution in [3.05, 3.63) is 30.1 Å². The number of para-hydroxylation sites is 2. The third-order valence-electron chi connectivity index (χ3n) is 4.44. The van der Waals surface area contributed by atoms with Crippen LogP contribution in [-0.4, -0.2) is 40.0 Å². The Balaban J connectivity index is 1.79. The molecule has 3 rings (SSSR count). The molecule has 0 radical (unpaired) electrons. The van der Waals surface area contributed by atoms with Crippen LogP contribution in [0.4, 0.5) is 13.2 Å². The molecule has 24 heavy (non-hydrogen) atoms. The number of aromatic nitrogens is 2. The normalized spacial score (nSPS) is 17.5. The summed E-state index contributed by atoms with van der Waals surface area (Å²) in [6.45, 7) is 1.82. The molecule has 1 fully saturated rings. The monoisotopic (exact) mass is 340 g/mol. The first-order valence-electron chi connectivity index (χ1n) is 7.87. The van der Waals surface area contributed by atoms with Gasteiger partial charge in [0.1, 0.15) is 0 Å². The van der Waals surface area contributed by atoms with Crippen molar-refractivity contribution in [2.24, 2.45) is 11.7 Å². The highest BCUT2D eigenvalue weighted by atomic mass is 19.4. The first-order chi connectivity index (χ1) is 11.3. The lowest BCUT2D eigenvalue weighted by atomic mass is 9.96. The van der Waals surface area contributed by atoms with Gasteiger partial charge in [-0.1, -0.05) is 12.1 Å². The van der Waals surface area contributed by atoms with E-state index in [9.17, 15) is 18.0 Å². The van der Waals surface area contributed by atoms with Gasteiger partial charge < -0.3 is 10.3 Å². The van der Waals surface area contributed by atoms with Crippen molar-refractivity contribution in [1.82, 2.24) is 14.5 Å². The van der Waals surface area contributed by atoms with Gasteiger partial charge in [-0.15, -0.1) is 0 Å². The van der Waals surface area contributed by atoms with E-state index >= 15 is 0 Å². The number of carbonyl (C=O) groups is 1. The summed E-state index contributed by atoms with van der Waals surface area (Å²) in [5, 5.41) is 0. The van der Waals surface area contributed by atoms with E-state index in [0.717, 1.165) is 12.8 Å². The van der Waals surface area contributed by atoms with Crippen molar-refractivity contribution in [3.8, 4) is 0 Å². The SMILES string of the molecule is NC(=O)CN1CCC(Cn2c(C(F)(F)F)nc3ccccc32)CC1. The molecule has 1 saturated heterocycles. The average molecular weight is 340 g/mol. The quantitative estimate of drug-likeness (QED) is 0.928. The van der Waals surface area contributed by atoms with Crippen LogP contribution in [0.1, 0.15) is 18.7 Å². The summed E-state index contributed by atoms with van der Waals surface area (Å²) in [6, 6.07) is 6.66. The van der Waals surface area contributed by atoms with Crippen LogP contribution in [0.3, 0.4) is 0 Å². The Kier molecular flexibility index (Phi) is 4.49. The lowest BCUT2D eigenvalue weighted by Gasteiger charge is -2.31. The standard InChI is InChI=1S/C16H19F3N4O/c17-16(18,19)15-21-12-3-1-2-4-13(12)23(15)9-11-5-7-22(8-6-11)10-14(20)24/h1-4,11H,5-10H2,(H2,20,24). The molecule has 5 nitrogen and oxygen atoms in total. The Morgan fingerprint density at radius 1 is 1.25 bits per heavy atom. The highest BCUT2D eigenvalue weighted by Crippen LogP contribution is 2.33. The number of primary amides is 1. The van der Waals surface area contributed by atoms with E-state index in [1.54, 1.807) is 24.3 Å². The maximum atomic E-state index is 13.3. The lowest BCUT2D eigenvalue weighted by molar-refractivity contribution is -0.147. The fourth-order valence-electron chi connectivity index (χ4n) is 3.28. The van der Waals surface area contributed by atoms with Crippen LogP contribution < -0.4 is 5.73 Å². The van der Waals surface area contributed by atoms with E-state index in [1.165, 1.54) is 4.57 Å². The summed E-state index contributed by atoms with van der Waals surface area (Å²) in [7, 11) is 0. The molecule has 2 aromatic rings. The Morgan fingerprint density at radius 2 is 1.92 bits per heavy atom. The molecule has 0 saturated carbocycles. The number of carbonyl (C=O) groups excluding carboxylic acids is 1. The minimum atomic E-state index is -4.48. The molecule has 0 aliphatic carbocycles. The number of halogens is 3. The molecule has 2 N–H and O–H groups in total. The second kappa shape index (κ2) is 6.43. The van der Waals surface area contributed by atoms with Gasteiger partial charge in [0.05, 0.1) is 17.6 Å². The first kappa shape index (κ1) is 16.8. The molecule has 1 aromatic heterocycles. The van der Waals surface area contributed by atoms with Crippen LogP contribution in [0, 0.1) is 5.92 Å². The van der Waals surface area contributed by atoms with Gasteiger partial charge in [-0.3, -0.25) is 9.69 Å². The number of hydrogen-bond acceptors (Lipinski definition) is 3. The zero-order valence-electron chi connectivity index (χ0n) is 13.1. The number of fused-ring (bicyclic) bond motifs is 1. The van der Waals surface area contributed by atoms with Gasteiger partial charge in [-0.05, 0) is 44.0 Å². The highest BCUT2D eigenvalue weighted by Gasteiger charge is 2.38. The number of likely N-dealkylation sites (tertiary alicyclic amines) is 1. The molecular formula is C16H19F3N4O. The van der Waals surface area contributed by atoms with Gasteiger partial charge in [-0.25, -0.2) is 4.98 Å². The van der Waals surface area contributed by atoms with Crippen molar-refractivity contribution in [1.29, 1.82) is 0 Å². The molecule has 8 heteroatoms. The number of amides is 1. The molecule has 0 unspecified atom stereocenters. The summed E-state index contributed by atoms with van der Waals surface area (Å²) >= 11 is 0. The first-order valence-corrected chi connectivity index (χ1v) is 7.87. The van der Waals surface area contributed by atoms with Crippen molar-refractivity contribution >= 4 is 16.9 Å². The molecule has 0 spiro atoms. The van der Waals surface area contributed by atoms with Crippen LogP contribution in [0.2, 0.25) is 0 Å². The number of benzene rings is 1. The zero-order valence-corrected chi connectivity index (χ0v) is 13.1. The van der Waals surface area contributed by atoms with Crippen LogP contribution in [0.25, 0.3) is 11.0 Å². The van der Waals surface area contributed by atoms with Crippen LogP contribution >= 0.6 is 0 Å². The molecule has 0 bridgehead atoms. The predicted octanol–water partition coefficient (Wildman–Crippen LogP) is 2.25. The van der Waals surface area contributed by atoms with Crippen LogP contribution in [-0.2, 0) is 17.5 Å². The van der Waals surface area contributed by atoms with Gasteiger partial charge in [0.15, 0.2) is 0 Å². The van der Waals surface area contributed by atoms with Crippen molar-refractivity contribution in [2.45, 2.75) is 25.6 Å². The second-order valence-electron chi connectivity index (χ2n) is 6.22. The second-order valence-corrected chi connectivity index (χ2v) is 6.22. The largest absolute Gasteiger partial charge is 0.449 e.